The highest BCUT2D eigenvalue weighted by Crippen LogP contribution is 1.98. The lowest BCUT2D eigenvalue weighted by atomic mass is 10.2. The molecule has 1 aliphatic heterocycles. The van der Waals surface area contributed by atoms with Gasteiger partial charge in [0.2, 0.25) is 17.7 Å². The zero-order chi connectivity index (χ0) is 13.8. The van der Waals surface area contributed by atoms with Gasteiger partial charge in [-0.2, -0.15) is 0 Å². The number of nitrogens with one attached hydrogen (secondary N) is 2. The van der Waals surface area contributed by atoms with Crippen LogP contribution in [0.25, 0.3) is 0 Å². The highest BCUT2D eigenvalue weighted by Gasteiger charge is 2.15. The summed E-state index contributed by atoms with van der Waals surface area (Å²) < 4.78 is 0. The molecular weight excluding hydrogens is 232 g/mol. The van der Waals surface area contributed by atoms with E-state index in [1.807, 2.05) is 0 Å². The average molecular weight is 256 g/mol. The summed E-state index contributed by atoms with van der Waals surface area (Å²) in [5.74, 6) is -0.0877. The molecule has 2 N–H and O–H groups in total. The first kappa shape index (κ1) is 16.6. The fourth-order valence-electron chi connectivity index (χ4n) is 1.40. The molecule has 0 saturated carbocycles. The standard InChI is InChI=1S/C9H19NO.C4H5NO2/c1-3-5-6-7-9(11)10-8-4-2;6-3-1-2-4(7)5-3/h3-8H2,1-2H3,(H,10,11);1-2H2,(H,5,6,7). The van der Waals surface area contributed by atoms with Crippen molar-refractivity contribution < 1.29 is 14.4 Å². The molecule has 0 unspecified atom stereocenters. The van der Waals surface area contributed by atoms with Gasteiger partial charge in [0.1, 0.15) is 0 Å². The summed E-state index contributed by atoms with van der Waals surface area (Å²) in [6.45, 7) is 5.03. The minimum atomic E-state index is -0.148. The van der Waals surface area contributed by atoms with Crippen molar-refractivity contribution in [3.8, 4) is 0 Å². The maximum absolute atomic E-state index is 11.0. The Morgan fingerprint density at radius 2 is 1.72 bits per heavy atom. The smallest absolute Gasteiger partial charge is 0.227 e. The Bertz CT molecular complexity index is 263. The van der Waals surface area contributed by atoms with Crippen molar-refractivity contribution in [1.29, 1.82) is 0 Å². The van der Waals surface area contributed by atoms with Crippen LogP contribution in [-0.4, -0.2) is 24.3 Å². The van der Waals surface area contributed by atoms with Crippen molar-refractivity contribution in [2.75, 3.05) is 6.54 Å². The van der Waals surface area contributed by atoms with Gasteiger partial charge in [-0.25, -0.2) is 0 Å². The number of unbranched alkanes of at least 4 members (excludes halogenated alkanes) is 2. The van der Waals surface area contributed by atoms with Gasteiger partial charge in [-0.15, -0.1) is 0 Å². The summed E-state index contributed by atoms with van der Waals surface area (Å²) in [5.41, 5.74) is 0. The van der Waals surface area contributed by atoms with E-state index in [4.69, 9.17) is 0 Å². The second-order valence-corrected chi connectivity index (χ2v) is 4.28. The highest BCUT2D eigenvalue weighted by atomic mass is 16.2. The van der Waals surface area contributed by atoms with Crippen molar-refractivity contribution >= 4 is 17.7 Å². The summed E-state index contributed by atoms with van der Waals surface area (Å²) >= 11 is 0. The first-order valence-electron chi connectivity index (χ1n) is 6.69. The Kier molecular flexibility index (Phi) is 9.91. The molecule has 0 spiro atoms. The molecule has 5 nitrogen and oxygen atoms in total. The van der Waals surface area contributed by atoms with E-state index in [-0.39, 0.29) is 17.7 Å². The van der Waals surface area contributed by atoms with Crippen molar-refractivity contribution in [2.24, 2.45) is 0 Å². The van der Waals surface area contributed by atoms with Crippen LogP contribution < -0.4 is 10.6 Å². The summed E-state index contributed by atoms with van der Waals surface area (Å²) in [4.78, 5) is 31.2. The van der Waals surface area contributed by atoms with Gasteiger partial charge in [-0.1, -0.05) is 26.7 Å². The zero-order valence-corrected chi connectivity index (χ0v) is 11.4. The van der Waals surface area contributed by atoms with Gasteiger partial charge >= 0.3 is 0 Å². The molecule has 1 rings (SSSR count). The molecule has 104 valence electrons. The van der Waals surface area contributed by atoms with E-state index in [2.05, 4.69) is 24.5 Å². The van der Waals surface area contributed by atoms with Crippen LogP contribution in [0.4, 0.5) is 0 Å². The lowest BCUT2D eigenvalue weighted by Gasteiger charge is -2.01. The van der Waals surface area contributed by atoms with Gasteiger partial charge in [0, 0.05) is 25.8 Å². The fraction of sp³-hybridized carbons (Fsp3) is 0.769. The molecule has 18 heavy (non-hydrogen) atoms. The summed E-state index contributed by atoms with van der Waals surface area (Å²) in [5, 5.41) is 4.99. The van der Waals surface area contributed by atoms with E-state index in [0.717, 1.165) is 19.4 Å². The van der Waals surface area contributed by atoms with Crippen LogP contribution in [0.1, 0.15) is 58.8 Å². The highest BCUT2D eigenvalue weighted by molar-refractivity contribution is 6.01. The van der Waals surface area contributed by atoms with E-state index in [0.29, 0.717) is 19.3 Å². The lowest BCUT2D eigenvalue weighted by Crippen LogP contribution is -2.23. The van der Waals surface area contributed by atoms with Gasteiger partial charge in [0.25, 0.3) is 0 Å². The minimum Gasteiger partial charge on any atom is -0.356 e. The SMILES string of the molecule is CCCCCC(=O)NCCC.O=C1CCC(=O)N1. The first-order chi connectivity index (χ1) is 8.60. The molecule has 0 aliphatic carbocycles. The number of rotatable bonds is 6. The van der Waals surface area contributed by atoms with Crippen LogP contribution in [0.15, 0.2) is 0 Å². The molecule has 1 fully saturated rings. The van der Waals surface area contributed by atoms with Crippen LogP contribution in [0.5, 0.6) is 0 Å². The Morgan fingerprint density at radius 3 is 2.11 bits per heavy atom. The molecule has 1 saturated heterocycles. The third-order valence-electron chi connectivity index (χ3n) is 2.44. The Balaban J connectivity index is 0.000000351. The molecule has 0 aromatic heterocycles. The quantitative estimate of drug-likeness (QED) is 0.559. The summed E-state index contributed by atoms with van der Waals surface area (Å²) in [6, 6.07) is 0. The normalized spacial score (nSPS) is 13.7. The molecule has 3 amide bonds. The van der Waals surface area contributed by atoms with E-state index in [1.54, 1.807) is 0 Å². The van der Waals surface area contributed by atoms with Crippen molar-refractivity contribution in [3.05, 3.63) is 0 Å². The number of amides is 3. The number of carbonyl (C=O) groups excluding carboxylic acids is 3. The fourth-order valence-corrected chi connectivity index (χ4v) is 1.40. The molecule has 1 aliphatic rings. The topological polar surface area (TPSA) is 75.3 Å². The van der Waals surface area contributed by atoms with Crippen LogP contribution in [0.2, 0.25) is 0 Å². The predicted octanol–water partition coefficient (Wildman–Crippen LogP) is 1.52. The molecule has 5 heteroatoms. The molecule has 1 heterocycles. The van der Waals surface area contributed by atoms with Crippen molar-refractivity contribution in [3.63, 3.8) is 0 Å². The molecule has 0 aromatic carbocycles. The predicted molar refractivity (Wildman–Crippen MR) is 69.8 cm³/mol. The van der Waals surface area contributed by atoms with Crippen molar-refractivity contribution in [2.45, 2.75) is 58.8 Å². The average Bonchev–Trinajstić information content (AvgIpc) is 2.72. The second-order valence-electron chi connectivity index (χ2n) is 4.28. The maximum atomic E-state index is 11.0. The van der Waals surface area contributed by atoms with Crippen LogP contribution in [0, 0.1) is 0 Å². The van der Waals surface area contributed by atoms with Crippen LogP contribution in [-0.2, 0) is 14.4 Å². The first-order valence-corrected chi connectivity index (χ1v) is 6.69. The van der Waals surface area contributed by atoms with E-state index in [1.165, 1.54) is 12.8 Å². The number of imide groups is 1. The lowest BCUT2D eigenvalue weighted by molar-refractivity contribution is -0.125. The maximum Gasteiger partial charge on any atom is 0.227 e. The Morgan fingerprint density at radius 1 is 1.11 bits per heavy atom. The Labute approximate surface area is 109 Å². The molecular formula is C13H24N2O3. The molecule has 0 aromatic rings. The Hall–Kier alpha value is -1.39. The van der Waals surface area contributed by atoms with E-state index in [9.17, 15) is 14.4 Å². The van der Waals surface area contributed by atoms with Gasteiger partial charge in [0.15, 0.2) is 0 Å². The molecule has 0 radical (unpaired) electrons. The van der Waals surface area contributed by atoms with Crippen LogP contribution >= 0.6 is 0 Å². The van der Waals surface area contributed by atoms with Gasteiger partial charge in [-0.05, 0) is 12.8 Å². The van der Waals surface area contributed by atoms with Gasteiger partial charge in [-0.3, -0.25) is 19.7 Å². The van der Waals surface area contributed by atoms with Gasteiger partial charge < -0.3 is 5.32 Å². The summed E-state index contributed by atoms with van der Waals surface area (Å²) in [6.07, 6.45) is 5.86. The van der Waals surface area contributed by atoms with Gasteiger partial charge in [0.05, 0.1) is 0 Å². The summed E-state index contributed by atoms with van der Waals surface area (Å²) in [7, 11) is 0. The monoisotopic (exact) mass is 256 g/mol. The third kappa shape index (κ3) is 9.81. The van der Waals surface area contributed by atoms with E-state index >= 15 is 0 Å². The number of carbonyl (C=O) groups is 3. The van der Waals surface area contributed by atoms with Crippen LogP contribution in [0.3, 0.4) is 0 Å². The van der Waals surface area contributed by atoms with Crippen molar-refractivity contribution in [1.82, 2.24) is 10.6 Å². The molecule has 0 atom stereocenters. The molecule has 0 bridgehead atoms. The second kappa shape index (κ2) is 10.7. The largest absolute Gasteiger partial charge is 0.356 e. The third-order valence-corrected chi connectivity index (χ3v) is 2.44. The van der Waals surface area contributed by atoms with E-state index < -0.39 is 0 Å². The number of hydrogen-bond acceptors (Lipinski definition) is 3. The zero-order valence-electron chi connectivity index (χ0n) is 11.4. The number of hydrogen-bond donors (Lipinski definition) is 2. The minimum absolute atomic E-state index is 0.148.